The first-order valence-corrected chi connectivity index (χ1v) is 8.08. The highest BCUT2D eigenvalue weighted by Crippen LogP contribution is 2.31. The lowest BCUT2D eigenvalue weighted by Gasteiger charge is -2.19. The van der Waals surface area contributed by atoms with E-state index in [2.05, 4.69) is 5.32 Å². The Kier molecular flexibility index (Phi) is 4.72. The van der Waals surface area contributed by atoms with Crippen LogP contribution in [0, 0.1) is 24.5 Å². The lowest BCUT2D eigenvalue weighted by atomic mass is 10.1. The first-order chi connectivity index (χ1) is 11.9. The number of carbonyl (C=O) groups excluding carboxylic acids is 2. The second-order valence-electron chi connectivity index (χ2n) is 5.88. The van der Waals surface area contributed by atoms with Crippen LogP contribution in [-0.4, -0.2) is 18.4 Å². The molecule has 1 atom stereocenters. The summed E-state index contributed by atoms with van der Waals surface area (Å²) < 4.78 is 26.6. The molecule has 2 aromatic rings. The maximum Gasteiger partial charge on any atom is 0.239 e. The minimum Gasteiger partial charge on any atom is -0.323 e. The van der Waals surface area contributed by atoms with E-state index in [9.17, 15) is 18.4 Å². The van der Waals surface area contributed by atoms with Gasteiger partial charge in [0.15, 0.2) is 0 Å². The molecule has 0 saturated carbocycles. The van der Waals surface area contributed by atoms with Gasteiger partial charge in [0, 0.05) is 23.3 Å². The number of nitrogens with one attached hydrogen (secondary N) is 1. The zero-order valence-electron chi connectivity index (χ0n) is 13.4. The van der Waals surface area contributed by atoms with Crippen molar-refractivity contribution in [1.29, 1.82) is 0 Å². The second-order valence-corrected chi connectivity index (χ2v) is 6.31. The third-order valence-corrected chi connectivity index (χ3v) is 4.41. The van der Waals surface area contributed by atoms with Crippen LogP contribution < -0.4 is 10.2 Å². The molecule has 1 saturated heterocycles. The van der Waals surface area contributed by atoms with Crippen LogP contribution in [0.4, 0.5) is 20.2 Å². The Labute approximate surface area is 148 Å². The summed E-state index contributed by atoms with van der Waals surface area (Å²) in [5.41, 5.74) is 1.36. The van der Waals surface area contributed by atoms with Crippen LogP contribution in [0.5, 0.6) is 0 Å². The Bertz CT molecular complexity index is 857. The van der Waals surface area contributed by atoms with Crippen LogP contribution in [0.2, 0.25) is 5.02 Å². The van der Waals surface area contributed by atoms with Gasteiger partial charge in [0.1, 0.15) is 17.6 Å². The number of halogens is 3. The maximum absolute atomic E-state index is 13.7. The summed E-state index contributed by atoms with van der Waals surface area (Å²) in [7, 11) is 0. The quantitative estimate of drug-likeness (QED) is 0.839. The Morgan fingerprint density at radius 3 is 2.72 bits per heavy atom. The molecule has 0 aliphatic carbocycles. The number of benzene rings is 2. The predicted molar refractivity (Wildman–Crippen MR) is 91.6 cm³/mol. The molecular weight excluding hydrogens is 350 g/mol. The Hall–Kier alpha value is -2.47. The molecule has 1 aliphatic heterocycles. The summed E-state index contributed by atoms with van der Waals surface area (Å²) >= 11 is 5.99. The van der Waals surface area contributed by atoms with Crippen molar-refractivity contribution in [2.75, 3.05) is 16.8 Å². The Morgan fingerprint density at radius 1 is 1.24 bits per heavy atom. The van der Waals surface area contributed by atoms with E-state index in [1.165, 1.54) is 4.90 Å². The van der Waals surface area contributed by atoms with E-state index < -0.39 is 23.5 Å². The number of hydrogen-bond acceptors (Lipinski definition) is 2. The van der Waals surface area contributed by atoms with Crippen LogP contribution >= 0.6 is 11.6 Å². The van der Waals surface area contributed by atoms with Gasteiger partial charge in [-0.15, -0.1) is 0 Å². The highest BCUT2D eigenvalue weighted by molar-refractivity contribution is 6.31. The summed E-state index contributed by atoms with van der Waals surface area (Å²) in [6.07, 6.45) is 0.305. The molecule has 2 aromatic carbocycles. The summed E-state index contributed by atoms with van der Waals surface area (Å²) in [4.78, 5) is 26.5. The largest absolute Gasteiger partial charge is 0.323 e. The first kappa shape index (κ1) is 17.4. The van der Waals surface area contributed by atoms with Crippen molar-refractivity contribution in [1.82, 2.24) is 0 Å². The highest BCUT2D eigenvalue weighted by Gasteiger charge is 2.38. The molecule has 4 nitrogen and oxygen atoms in total. The highest BCUT2D eigenvalue weighted by atomic mass is 35.5. The van der Waals surface area contributed by atoms with Gasteiger partial charge in [0.25, 0.3) is 0 Å². The fraction of sp³-hybridized carbons (Fsp3) is 0.222. The van der Waals surface area contributed by atoms with Crippen LogP contribution in [0.25, 0.3) is 0 Å². The lowest BCUT2D eigenvalue weighted by molar-refractivity contribution is -0.129. The molecule has 1 aliphatic rings. The first-order valence-electron chi connectivity index (χ1n) is 7.70. The molecule has 0 aromatic heterocycles. The van der Waals surface area contributed by atoms with Gasteiger partial charge in [0.05, 0.1) is 5.69 Å². The summed E-state index contributed by atoms with van der Waals surface area (Å²) in [6.45, 7) is 2.21. The molecule has 0 radical (unpaired) electrons. The smallest absolute Gasteiger partial charge is 0.239 e. The standard InChI is InChI=1S/C18H15ClF2N2O2/c1-10-2-3-11(19)8-16(10)23-7-6-13(18(23)25)17(24)22-15-5-4-12(20)9-14(15)21/h2-5,8-9,13H,6-7H2,1H3,(H,22,24)/t13-/m0/s1. The fourth-order valence-electron chi connectivity index (χ4n) is 2.85. The molecule has 130 valence electrons. The van der Waals surface area contributed by atoms with Crippen LogP contribution in [0.15, 0.2) is 36.4 Å². The van der Waals surface area contributed by atoms with Crippen molar-refractivity contribution in [2.24, 2.45) is 5.92 Å². The number of anilines is 2. The predicted octanol–water partition coefficient (Wildman–Crippen LogP) is 3.92. The molecule has 3 rings (SSSR count). The molecular formula is C18H15ClF2N2O2. The van der Waals surface area contributed by atoms with Gasteiger partial charge in [-0.2, -0.15) is 0 Å². The number of rotatable bonds is 3. The molecule has 1 heterocycles. The number of nitrogens with zero attached hydrogens (tertiary/aromatic N) is 1. The molecule has 2 amide bonds. The normalized spacial score (nSPS) is 17.0. The van der Waals surface area contributed by atoms with E-state index >= 15 is 0 Å². The fourth-order valence-corrected chi connectivity index (χ4v) is 3.01. The van der Waals surface area contributed by atoms with Gasteiger partial charge in [-0.25, -0.2) is 8.78 Å². The lowest BCUT2D eigenvalue weighted by Crippen LogP contribution is -2.33. The van der Waals surface area contributed by atoms with Gasteiger partial charge in [0.2, 0.25) is 11.8 Å². The minimum absolute atomic E-state index is 0.156. The van der Waals surface area contributed by atoms with Crippen molar-refractivity contribution >= 4 is 34.8 Å². The number of aryl methyl sites for hydroxylation is 1. The summed E-state index contributed by atoms with van der Waals surface area (Å²) in [6, 6.07) is 8.04. The Balaban J connectivity index is 1.77. The zero-order valence-corrected chi connectivity index (χ0v) is 14.1. The zero-order chi connectivity index (χ0) is 18.1. The van der Waals surface area contributed by atoms with Crippen LogP contribution in [-0.2, 0) is 9.59 Å². The van der Waals surface area contributed by atoms with Crippen LogP contribution in [0.3, 0.4) is 0 Å². The van der Waals surface area contributed by atoms with Gasteiger partial charge in [-0.05, 0) is 43.2 Å². The van der Waals surface area contributed by atoms with Crippen molar-refractivity contribution in [2.45, 2.75) is 13.3 Å². The van der Waals surface area contributed by atoms with Crippen molar-refractivity contribution in [3.05, 3.63) is 58.6 Å². The molecule has 7 heteroatoms. The van der Waals surface area contributed by atoms with Gasteiger partial charge in [-0.3, -0.25) is 9.59 Å². The van der Waals surface area contributed by atoms with Crippen molar-refractivity contribution in [3.63, 3.8) is 0 Å². The van der Waals surface area contributed by atoms with Gasteiger partial charge in [-0.1, -0.05) is 17.7 Å². The third-order valence-electron chi connectivity index (χ3n) is 4.17. The molecule has 0 bridgehead atoms. The number of carbonyl (C=O) groups is 2. The molecule has 25 heavy (non-hydrogen) atoms. The number of amides is 2. The number of hydrogen-bond donors (Lipinski definition) is 1. The molecule has 0 spiro atoms. The maximum atomic E-state index is 13.7. The monoisotopic (exact) mass is 364 g/mol. The topological polar surface area (TPSA) is 49.4 Å². The van der Waals surface area contributed by atoms with E-state index in [0.29, 0.717) is 29.7 Å². The van der Waals surface area contributed by atoms with E-state index in [-0.39, 0.29) is 11.6 Å². The Morgan fingerprint density at radius 2 is 2.00 bits per heavy atom. The average Bonchev–Trinajstić information content (AvgIpc) is 2.94. The summed E-state index contributed by atoms with van der Waals surface area (Å²) in [5, 5.41) is 2.85. The average molecular weight is 365 g/mol. The van der Waals surface area contributed by atoms with Crippen LogP contribution in [0.1, 0.15) is 12.0 Å². The van der Waals surface area contributed by atoms with E-state index in [1.54, 1.807) is 18.2 Å². The van der Waals surface area contributed by atoms with Gasteiger partial charge >= 0.3 is 0 Å². The molecule has 1 fully saturated rings. The van der Waals surface area contributed by atoms with Crippen molar-refractivity contribution in [3.8, 4) is 0 Å². The van der Waals surface area contributed by atoms with E-state index in [0.717, 1.165) is 17.7 Å². The minimum atomic E-state index is -0.928. The SMILES string of the molecule is Cc1ccc(Cl)cc1N1CC[C@@H](C(=O)Nc2ccc(F)cc2F)C1=O. The summed E-state index contributed by atoms with van der Waals surface area (Å²) in [5.74, 6) is -3.54. The van der Waals surface area contributed by atoms with E-state index in [4.69, 9.17) is 11.6 Å². The molecule has 1 N–H and O–H groups in total. The van der Waals surface area contributed by atoms with Gasteiger partial charge < -0.3 is 10.2 Å². The third kappa shape index (κ3) is 3.49. The molecule has 0 unspecified atom stereocenters. The second kappa shape index (κ2) is 6.80. The van der Waals surface area contributed by atoms with E-state index in [1.807, 2.05) is 6.92 Å². The van der Waals surface area contributed by atoms with Crippen molar-refractivity contribution < 1.29 is 18.4 Å².